The Bertz CT molecular complexity index is 789. The number of rotatable bonds is 11. The third-order valence-electron chi connectivity index (χ3n) is 11.8. The number of amides is 1. The zero-order chi connectivity index (χ0) is 26.6. The van der Waals surface area contributed by atoms with E-state index in [0.29, 0.717) is 10.8 Å². The van der Waals surface area contributed by atoms with Crippen molar-refractivity contribution in [1.82, 2.24) is 5.32 Å². The number of carbonyl (C=O) groups excluding carboxylic acids is 1. The maximum Gasteiger partial charge on any atom is 0.407 e. The van der Waals surface area contributed by atoms with E-state index in [4.69, 9.17) is 4.74 Å². The molecule has 0 bridgehead atoms. The predicted molar refractivity (Wildman–Crippen MR) is 155 cm³/mol. The van der Waals surface area contributed by atoms with Gasteiger partial charge in [-0.15, -0.1) is 0 Å². The lowest BCUT2D eigenvalue weighted by atomic mass is 9.47. The largest absolute Gasteiger partial charge is 0.446 e. The first-order valence-electron chi connectivity index (χ1n) is 16.3. The highest BCUT2D eigenvalue weighted by Crippen LogP contribution is 2.67. The first-order chi connectivity index (χ1) is 17.7. The van der Waals surface area contributed by atoms with Gasteiger partial charge in [-0.3, -0.25) is 0 Å². The van der Waals surface area contributed by atoms with Gasteiger partial charge in [0.25, 0.3) is 0 Å². The number of ether oxygens (including phenoxy) is 1. The molecule has 4 aliphatic rings. The first kappa shape index (κ1) is 29.0. The minimum atomic E-state index is -0.202. The number of carbonyl (C=O) groups is 1. The van der Waals surface area contributed by atoms with E-state index in [9.17, 15) is 4.79 Å². The topological polar surface area (TPSA) is 38.3 Å². The van der Waals surface area contributed by atoms with Crippen LogP contribution in [0.25, 0.3) is 0 Å². The van der Waals surface area contributed by atoms with E-state index >= 15 is 0 Å². The summed E-state index contributed by atoms with van der Waals surface area (Å²) in [6, 6.07) is 0. The molecule has 0 aromatic carbocycles. The van der Waals surface area contributed by atoms with E-state index in [0.717, 1.165) is 61.3 Å². The fourth-order valence-electron chi connectivity index (χ4n) is 9.69. The number of hydrogen-bond acceptors (Lipinski definition) is 2. The fourth-order valence-corrected chi connectivity index (χ4v) is 9.69. The monoisotopic (exact) mass is 513 g/mol. The number of alkyl carbamates (subject to hydrolysis) is 1. The SMILES string of the molecule is CCCCCCNC(=O)O[C@H]1CC[C@@]2(C)C(=CC[C@@H]3[C@H]4CC[C@@H]([C@H](C)CCCC(C)C)[C@]4(C)CC[C@H]32)C1. The molecule has 4 rings (SSSR count). The molecule has 3 heteroatoms. The molecule has 3 saturated carbocycles. The van der Waals surface area contributed by atoms with Gasteiger partial charge in [0.2, 0.25) is 0 Å². The van der Waals surface area contributed by atoms with Crippen molar-refractivity contribution in [3.05, 3.63) is 11.6 Å². The molecular weight excluding hydrogens is 454 g/mol. The Morgan fingerprint density at radius 2 is 1.81 bits per heavy atom. The summed E-state index contributed by atoms with van der Waals surface area (Å²) in [5, 5.41) is 3.00. The van der Waals surface area contributed by atoms with Crippen molar-refractivity contribution in [2.75, 3.05) is 6.54 Å². The van der Waals surface area contributed by atoms with Gasteiger partial charge in [-0.05, 0) is 97.7 Å². The minimum Gasteiger partial charge on any atom is -0.446 e. The maximum absolute atomic E-state index is 12.4. The number of unbranched alkanes of at least 4 members (excludes halogenated alkanes) is 3. The van der Waals surface area contributed by atoms with Crippen LogP contribution in [0.4, 0.5) is 4.79 Å². The molecule has 37 heavy (non-hydrogen) atoms. The Morgan fingerprint density at radius 3 is 2.57 bits per heavy atom. The van der Waals surface area contributed by atoms with Crippen LogP contribution in [0.1, 0.15) is 138 Å². The van der Waals surface area contributed by atoms with Crippen molar-refractivity contribution in [1.29, 1.82) is 0 Å². The second-order valence-corrected chi connectivity index (χ2v) is 14.5. The summed E-state index contributed by atoms with van der Waals surface area (Å²) >= 11 is 0. The van der Waals surface area contributed by atoms with Crippen molar-refractivity contribution in [2.45, 2.75) is 144 Å². The number of nitrogens with one attached hydrogen (secondary N) is 1. The first-order valence-corrected chi connectivity index (χ1v) is 16.3. The third-order valence-corrected chi connectivity index (χ3v) is 11.8. The summed E-state index contributed by atoms with van der Waals surface area (Å²) in [6.45, 7) is 15.5. The molecule has 4 aliphatic carbocycles. The highest BCUT2D eigenvalue weighted by molar-refractivity contribution is 5.67. The van der Waals surface area contributed by atoms with Crippen LogP contribution in [0.5, 0.6) is 0 Å². The molecule has 3 fully saturated rings. The lowest BCUT2D eigenvalue weighted by Gasteiger charge is -2.58. The quantitative estimate of drug-likeness (QED) is 0.220. The van der Waals surface area contributed by atoms with Crippen LogP contribution in [0.2, 0.25) is 0 Å². The molecular formula is C34H59NO2. The van der Waals surface area contributed by atoms with E-state index in [2.05, 4.69) is 52.9 Å². The van der Waals surface area contributed by atoms with Gasteiger partial charge in [0.15, 0.2) is 0 Å². The Balaban J connectivity index is 1.34. The summed E-state index contributed by atoms with van der Waals surface area (Å²) in [4.78, 5) is 12.4. The average molecular weight is 514 g/mol. The molecule has 0 aromatic rings. The molecule has 8 atom stereocenters. The van der Waals surface area contributed by atoms with Crippen molar-refractivity contribution in [3.63, 3.8) is 0 Å². The molecule has 0 aromatic heterocycles. The van der Waals surface area contributed by atoms with E-state index in [1.54, 1.807) is 5.57 Å². The van der Waals surface area contributed by atoms with Crippen LogP contribution < -0.4 is 5.32 Å². The normalized spacial score (nSPS) is 37.8. The second-order valence-electron chi connectivity index (χ2n) is 14.5. The van der Waals surface area contributed by atoms with Crippen LogP contribution in [0.15, 0.2) is 11.6 Å². The average Bonchev–Trinajstić information content (AvgIpc) is 3.21. The summed E-state index contributed by atoms with van der Waals surface area (Å²) in [7, 11) is 0. The van der Waals surface area contributed by atoms with Crippen LogP contribution >= 0.6 is 0 Å². The standard InChI is InChI=1S/C34H59NO2/c1-7-8-9-10-22-35-32(36)37-27-18-20-33(5)26(23-27)14-15-28-30-17-16-29(25(4)13-11-12-24(2)3)34(30,6)21-19-31(28)33/h14,24-25,27-31H,7-13,15-23H2,1-6H3,(H,35,36)/t25-,27+,28-,29+,30-,31-,33+,34+/m1/s1. The summed E-state index contributed by atoms with van der Waals surface area (Å²) in [5.41, 5.74) is 2.48. The Labute approximate surface area is 229 Å². The van der Waals surface area contributed by atoms with Gasteiger partial charge in [0.1, 0.15) is 6.10 Å². The van der Waals surface area contributed by atoms with Gasteiger partial charge in [0, 0.05) is 13.0 Å². The van der Waals surface area contributed by atoms with Gasteiger partial charge < -0.3 is 10.1 Å². The van der Waals surface area contributed by atoms with Gasteiger partial charge >= 0.3 is 6.09 Å². The lowest BCUT2D eigenvalue weighted by molar-refractivity contribution is -0.0581. The zero-order valence-electron chi connectivity index (χ0n) is 25.2. The van der Waals surface area contributed by atoms with E-state index < -0.39 is 0 Å². The molecule has 3 nitrogen and oxygen atoms in total. The molecule has 0 spiro atoms. The highest BCUT2D eigenvalue weighted by Gasteiger charge is 2.59. The highest BCUT2D eigenvalue weighted by atomic mass is 16.6. The van der Waals surface area contributed by atoms with E-state index in [1.165, 1.54) is 77.0 Å². The molecule has 0 radical (unpaired) electrons. The van der Waals surface area contributed by atoms with Gasteiger partial charge in [-0.1, -0.05) is 91.7 Å². The number of allylic oxidation sites excluding steroid dienone is 1. The van der Waals surface area contributed by atoms with Crippen LogP contribution in [-0.4, -0.2) is 18.7 Å². The van der Waals surface area contributed by atoms with Crippen molar-refractivity contribution >= 4 is 6.09 Å². The van der Waals surface area contributed by atoms with Crippen LogP contribution in [0, 0.1) is 46.3 Å². The van der Waals surface area contributed by atoms with Gasteiger partial charge in [0.05, 0.1) is 0 Å². The number of fused-ring (bicyclic) bond motifs is 5. The smallest absolute Gasteiger partial charge is 0.407 e. The Hall–Kier alpha value is -0.990. The maximum atomic E-state index is 12.4. The molecule has 1 N–H and O–H groups in total. The fraction of sp³-hybridized carbons (Fsp3) is 0.912. The lowest BCUT2D eigenvalue weighted by Crippen LogP contribution is -2.51. The molecule has 0 heterocycles. The van der Waals surface area contributed by atoms with E-state index in [1.807, 2.05) is 0 Å². The molecule has 0 unspecified atom stereocenters. The van der Waals surface area contributed by atoms with Crippen molar-refractivity contribution in [2.24, 2.45) is 46.3 Å². The zero-order valence-corrected chi connectivity index (χ0v) is 25.2. The van der Waals surface area contributed by atoms with Crippen molar-refractivity contribution < 1.29 is 9.53 Å². The van der Waals surface area contributed by atoms with Gasteiger partial charge in [-0.2, -0.15) is 0 Å². The molecule has 212 valence electrons. The van der Waals surface area contributed by atoms with E-state index in [-0.39, 0.29) is 12.2 Å². The van der Waals surface area contributed by atoms with Gasteiger partial charge in [-0.25, -0.2) is 4.79 Å². The van der Waals surface area contributed by atoms with Crippen molar-refractivity contribution in [3.8, 4) is 0 Å². The van der Waals surface area contributed by atoms with Crippen LogP contribution in [0.3, 0.4) is 0 Å². The summed E-state index contributed by atoms with van der Waals surface area (Å²) in [5.74, 6) is 5.24. The molecule has 1 amide bonds. The summed E-state index contributed by atoms with van der Waals surface area (Å²) < 4.78 is 5.91. The second kappa shape index (κ2) is 12.5. The Kier molecular flexibility index (Phi) is 9.77. The minimum absolute atomic E-state index is 0.0583. The molecule has 0 aliphatic heterocycles. The Morgan fingerprint density at radius 1 is 1.00 bits per heavy atom. The van der Waals surface area contributed by atoms with Crippen LogP contribution in [-0.2, 0) is 4.74 Å². The number of hydrogen-bond donors (Lipinski definition) is 1. The predicted octanol–water partition coefficient (Wildman–Crippen LogP) is 9.70. The third kappa shape index (κ3) is 6.27. The summed E-state index contributed by atoms with van der Waals surface area (Å²) in [6.07, 6.45) is 21.6. The molecule has 0 saturated heterocycles.